The maximum absolute atomic E-state index is 11.3. The molecule has 0 radical (unpaired) electrons. The lowest BCUT2D eigenvalue weighted by Crippen LogP contribution is -2.15. The lowest BCUT2D eigenvalue weighted by molar-refractivity contribution is -0.179. The Kier molecular flexibility index (Phi) is 6.36. The lowest BCUT2D eigenvalue weighted by atomic mass is 10.3. The first kappa shape index (κ1) is 12.6. The zero-order chi connectivity index (χ0) is 11.0. The topological polar surface area (TPSA) is 52.6 Å². The molecule has 5 heteroatoms. The van der Waals surface area contributed by atoms with Crippen molar-refractivity contribution in [3.63, 3.8) is 0 Å². The van der Waals surface area contributed by atoms with Gasteiger partial charge in [0, 0.05) is 4.53 Å². The molecule has 0 aromatic rings. The average molecular weight is 204 g/mol. The number of carbonyl (C=O) groups excluding carboxylic acids is 2. The van der Waals surface area contributed by atoms with Gasteiger partial charge in [0.25, 0.3) is 0 Å². The Morgan fingerprint density at radius 3 is 2.43 bits per heavy atom. The maximum atomic E-state index is 11.3. The first-order chi connectivity index (χ1) is 6.63. The van der Waals surface area contributed by atoms with Crippen molar-refractivity contribution < 1.29 is 23.8 Å². The molecule has 0 unspecified atom stereocenters. The quantitative estimate of drug-likeness (QED) is 0.217. The van der Waals surface area contributed by atoms with E-state index in [-0.39, 0.29) is 6.61 Å². The van der Waals surface area contributed by atoms with E-state index >= 15 is 0 Å². The van der Waals surface area contributed by atoms with Gasteiger partial charge in [0.2, 0.25) is 0 Å². The molecule has 0 rings (SSSR count). The minimum Gasteiger partial charge on any atom is -0.462 e. The Morgan fingerprint density at radius 1 is 1.29 bits per heavy atom. The fourth-order valence-electron chi connectivity index (χ4n) is 0.734. The van der Waals surface area contributed by atoms with Crippen LogP contribution in [0.25, 0.3) is 0 Å². The second-order valence-electron chi connectivity index (χ2n) is 2.69. The van der Waals surface area contributed by atoms with E-state index in [9.17, 15) is 14.1 Å². The van der Waals surface area contributed by atoms with E-state index in [1.54, 1.807) is 0 Å². The predicted molar refractivity (Wildman–Crippen MR) is 46.8 cm³/mol. The largest absolute Gasteiger partial charge is 0.462 e. The molecule has 0 atom stereocenters. The van der Waals surface area contributed by atoms with E-state index < -0.39 is 17.5 Å². The molecular weight excluding hydrogens is 191 g/mol. The van der Waals surface area contributed by atoms with Gasteiger partial charge in [0.1, 0.15) is 5.57 Å². The number of carbonyl (C=O) groups is 2. The van der Waals surface area contributed by atoms with Crippen LogP contribution in [0.1, 0.15) is 26.2 Å². The van der Waals surface area contributed by atoms with Crippen LogP contribution in [0, 0.1) is 0 Å². The second-order valence-corrected chi connectivity index (χ2v) is 2.69. The highest BCUT2D eigenvalue weighted by atomic mass is 19.3. The molecule has 0 saturated heterocycles. The Bertz CT molecular complexity index is 225. The van der Waals surface area contributed by atoms with E-state index in [0.717, 1.165) is 12.8 Å². The molecule has 0 aromatic carbocycles. The molecule has 0 aliphatic carbocycles. The van der Waals surface area contributed by atoms with Crippen LogP contribution in [-0.4, -0.2) is 18.5 Å². The van der Waals surface area contributed by atoms with E-state index in [2.05, 4.69) is 16.3 Å². The molecule has 0 fully saturated rings. The van der Waals surface area contributed by atoms with Gasteiger partial charge in [0.05, 0.1) is 6.61 Å². The summed E-state index contributed by atoms with van der Waals surface area (Å²) in [7, 11) is 0. The third-order valence-corrected chi connectivity index (χ3v) is 1.54. The highest BCUT2D eigenvalue weighted by Gasteiger charge is 2.19. The molecule has 0 amide bonds. The Hall–Kier alpha value is -1.39. The molecule has 0 N–H and O–H groups in total. The van der Waals surface area contributed by atoms with E-state index in [1.807, 2.05) is 6.92 Å². The first-order valence-corrected chi connectivity index (χ1v) is 4.32. The third kappa shape index (κ3) is 4.59. The van der Waals surface area contributed by atoms with Crippen LogP contribution < -0.4 is 0 Å². The third-order valence-electron chi connectivity index (χ3n) is 1.54. The Balaban J connectivity index is 3.74. The summed E-state index contributed by atoms with van der Waals surface area (Å²) in [4.78, 5) is 24.2. The molecular formula is C9H13FO4. The van der Waals surface area contributed by atoms with Crippen molar-refractivity contribution in [2.24, 2.45) is 0 Å². The molecule has 4 nitrogen and oxygen atoms in total. The lowest BCUT2D eigenvalue weighted by Gasteiger charge is -2.03. The van der Waals surface area contributed by atoms with Crippen LogP contribution in [-0.2, 0) is 19.3 Å². The van der Waals surface area contributed by atoms with Gasteiger partial charge in [-0.25, -0.2) is 14.5 Å². The SMILES string of the molecule is C=C(C(=O)OF)C(=O)OCCCCC. The van der Waals surface area contributed by atoms with Gasteiger partial charge >= 0.3 is 11.9 Å². The van der Waals surface area contributed by atoms with Gasteiger partial charge in [-0.1, -0.05) is 26.3 Å². The van der Waals surface area contributed by atoms with Gasteiger partial charge in [0.15, 0.2) is 0 Å². The summed E-state index contributed by atoms with van der Waals surface area (Å²) in [5.41, 5.74) is -0.635. The maximum Gasteiger partial charge on any atom is 0.386 e. The fraction of sp³-hybridized carbons (Fsp3) is 0.556. The van der Waals surface area contributed by atoms with Crippen molar-refractivity contribution in [3.05, 3.63) is 12.2 Å². The number of unbranched alkanes of at least 4 members (excludes halogenated alkanes) is 2. The first-order valence-electron chi connectivity index (χ1n) is 4.32. The van der Waals surface area contributed by atoms with Gasteiger partial charge in [-0.15, -0.1) is 0 Å². The normalized spacial score (nSPS) is 9.29. The van der Waals surface area contributed by atoms with E-state index in [0.29, 0.717) is 6.42 Å². The Morgan fingerprint density at radius 2 is 1.93 bits per heavy atom. The highest BCUT2D eigenvalue weighted by Crippen LogP contribution is 2.01. The molecule has 0 heterocycles. The number of ether oxygens (including phenoxy) is 1. The number of hydrogen-bond acceptors (Lipinski definition) is 4. The van der Waals surface area contributed by atoms with Gasteiger partial charge in [-0.3, -0.25) is 0 Å². The molecule has 0 aromatic heterocycles. The molecule has 0 aliphatic heterocycles. The molecule has 14 heavy (non-hydrogen) atoms. The molecule has 80 valence electrons. The van der Waals surface area contributed by atoms with Crippen molar-refractivity contribution in [1.29, 1.82) is 0 Å². The summed E-state index contributed by atoms with van der Waals surface area (Å²) >= 11 is 0. The summed E-state index contributed by atoms with van der Waals surface area (Å²) in [6.07, 6.45) is 2.62. The highest BCUT2D eigenvalue weighted by molar-refractivity contribution is 6.13. The van der Waals surface area contributed by atoms with Gasteiger partial charge < -0.3 is 4.74 Å². The fourth-order valence-corrected chi connectivity index (χ4v) is 0.734. The van der Waals surface area contributed by atoms with Crippen LogP contribution in [0.5, 0.6) is 0 Å². The molecule has 0 aliphatic rings. The molecule has 0 bridgehead atoms. The minimum absolute atomic E-state index is 0.200. The Labute approximate surface area is 81.6 Å². The molecule has 0 saturated carbocycles. The van der Waals surface area contributed by atoms with Crippen LogP contribution in [0.2, 0.25) is 0 Å². The summed E-state index contributed by atoms with van der Waals surface area (Å²) in [5.74, 6) is -2.35. The van der Waals surface area contributed by atoms with Gasteiger partial charge in [-0.2, -0.15) is 0 Å². The summed E-state index contributed by atoms with van der Waals surface area (Å²) in [6, 6.07) is 0. The van der Waals surface area contributed by atoms with Crippen LogP contribution in [0.3, 0.4) is 0 Å². The van der Waals surface area contributed by atoms with Crippen molar-refractivity contribution in [2.45, 2.75) is 26.2 Å². The van der Waals surface area contributed by atoms with Crippen LogP contribution in [0.4, 0.5) is 4.53 Å². The number of hydrogen-bond donors (Lipinski definition) is 0. The average Bonchev–Trinajstić information content (AvgIpc) is 2.21. The van der Waals surface area contributed by atoms with E-state index in [4.69, 9.17) is 0 Å². The van der Waals surface area contributed by atoms with Crippen molar-refractivity contribution in [1.82, 2.24) is 0 Å². The standard InChI is InChI=1S/C9H13FO4/c1-3-4-5-6-13-8(11)7(2)9(12)14-10/h2-6H2,1H3. The predicted octanol–water partition coefficient (Wildman–Crippen LogP) is 1.70. The number of rotatable bonds is 6. The smallest absolute Gasteiger partial charge is 0.386 e. The van der Waals surface area contributed by atoms with E-state index in [1.165, 1.54) is 0 Å². The number of esters is 1. The summed E-state index contributed by atoms with van der Waals surface area (Å²) in [6.45, 7) is 5.24. The second kappa shape index (κ2) is 7.06. The summed E-state index contributed by atoms with van der Waals surface area (Å²) in [5, 5.41) is 0. The monoisotopic (exact) mass is 204 g/mol. The summed E-state index contributed by atoms with van der Waals surface area (Å²) < 4.78 is 15.9. The zero-order valence-corrected chi connectivity index (χ0v) is 8.05. The van der Waals surface area contributed by atoms with Crippen LogP contribution in [0.15, 0.2) is 12.2 Å². The van der Waals surface area contributed by atoms with Crippen molar-refractivity contribution >= 4 is 11.9 Å². The van der Waals surface area contributed by atoms with Crippen molar-refractivity contribution in [3.8, 4) is 0 Å². The number of halogens is 1. The van der Waals surface area contributed by atoms with Gasteiger partial charge in [-0.05, 0) is 6.42 Å². The zero-order valence-electron chi connectivity index (χ0n) is 8.05. The minimum atomic E-state index is -1.41. The van der Waals surface area contributed by atoms with Crippen LogP contribution >= 0.6 is 0 Å². The van der Waals surface area contributed by atoms with Crippen molar-refractivity contribution in [2.75, 3.05) is 6.61 Å². The molecule has 0 spiro atoms.